The molecule has 0 radical (unpaired) electrons. The van der Waals surface area contributed by atoms with Gasteiger partial charge in [0.05, 0.1) is 6.10 Å². The van der Waals surface area contributed by atoms with Crippen molar-refractivity contribution >= 4 is 23.8 Å². The molecule has 1 aliphatic carbocycles. The van der Waals surface area contributed by atoms with E-state index in [1.807, 2.05) is 4.90 Å². The summed E-state index contributed by atoms with van der Waals surface area (Å²) in [6, 6.07) is -0.416. The molecular formula is C16H27N3O3S. The summed E-state index contributed by atoms with van der Waals surface area (Å²) < 4.78 is 0. The quantitative estimate of drug-likeness (QED) is 0.743. The first-order valence-corrected chi connectivity index (χ1v) is 9.06. The van der Waals surface area contributed by atoms with E-state index in [-0.39, 0.29) is 22.7 Å². The molecule has 0 unspecified atom stereocenters. The Morgan fingerprint density at radius 3 is 2.61 bits per heavy atom. The van der Waals surface area contributed by atoms with E-state index in [1.54, 1.807) is 6.92 Å². The summed E-state index contributed by atoms with van der Waals surface area (Å²) in [5, 5.41) is 9.89. The largest absolute Gasteiger partial charge is 0.391 e. The molecule has 2 amide bonds. The molecule has 2 heterocycles. The van der Waals surface area contributed by atoms with Crippen LogP contribution in [0, 0.1) is 5.41 Å². The van der Waals surface area contributed by atoms with Crippen LogP contribution in [0.15, 0.2) is 0 Å². The van der Waals surface area contributed by atoms with Gasteiger partial charge in [0.15, 0.2) is 0 Å². The summed E-state index contributed by atoms with van der Waals surface area (Å²) in [7, 11) is 0. The third-order valence-corrected chi connectivity index (χ3v) is 6.11. The van der Waals surface area contributed by atoms with Gasteiger partial charge in [0.2, 0.25) is 5.91 Å². The van der Waals surface area contributed by atoms with Crippen molar-refractivity contribution in [3.63, 3.8) is 0 Å². The zero-order valence-electron chi connectivity index (χ0n) is 13.8. The first-order valence-electron chi connectivity index (χ1n) is 8.62. The van der Waals surface area contributed by atoms with Gasteiger partial charge in [-0.25, -0.2) is 0 Å². The maximum atomic E-state index is 12.3. The number of thiol groups is 1. The molecule has 23 heavy (non-hydrogen) atoms. The monoisotopic (exact) mass is 341 g/mol. The van der Waals surface area contributed by atoms with Crippen LogP contribution in [-0.2, 0) is 4.79 Å². The molecule has 0 aromatic heterocycles. The Morgan fingerprint density at radius 1 is 1.26 bits per heavy atom. The van der Waals surface area contributed by atoms with Gasteiger partial charge in [-0.2, -0.15) is 0 Å². The number of hydrogen-bond acceptors (Lipinski definition) is 4. The van der Waals surface area contributed by atoms with Crippen molar-refractivity contribution in [3.8, 4) is 0 Å². The molecule has 0 bridgehead atoms. The highest BCUT2D eigenvalue weighted by Crippen LogP contribution is 2.53. The Hall–Kier alpha value is -0.790. The second-order valence-electron chi connectivity index (χ2n) is 7.26. The third kappa shape index (κ3) is 3.51. The molecule has 0 aromatic rings. The molecule has 1 N–H and O–H groups in total. The third-order valence-electron chi connectivity index (χ3n) is 5.85. The minimum Gasteiger partial charge on any atom is -0.391 e. The van der Waals surface area contributed by atoms with Crippen LogP contribution in [0.25, 0.3) is 0 Å². The van der Waals surface area contributed by atoms with Crippen molar-refractivity contribution in [2.45, 2.75) is 44.8 Å². The molecule has 3 aliphatic rings. The highest BCUT2D eigenvalue weighted by atomic mass is 32.1. The van der Waals surface area contributed by atoms with E-state index >= 15 is 0 Å². The smallest absolute Gasteiger partial charge is 0.279 e. The summed E-state index contributed by atoms with van der Waals surface area (Å²) in [4.78, 5) is 29.3. The van der Waals surface area contributed by atoms with Crippen molar-refractivity contribution in [2.75, 3.05) is 39.3 Å². The van der Waals surface area contributed by atoms with Crippen LogP contribution in [0.1, 0.15) is 32.6 Å². The normalized spacial score (nSPS) is 30.8. The predicted molar refractivity (Wildman–Crippen MR) is 90.5 cm³/mol. The van der Waals surface area contributed by atoms with Gasteiger partial charge in [0.25, 0.3) is 5.24 Å². The zero-order chi connectivity index (χ0) is 16.6. The van der Waals surface area contributed by atoms with Gasteiger partial charge in [-0.1, -0.05) is 12.6 Å². The van der Waals surface area contributed by atoms with Gasteiger partial charge in [-0.3, -0.25) is 9.59 Å². The molecule has 1 spiro atoms. The highest BCUT2D eigenvalue weighted by Gasteiger charge is 2.51. The maximum Gasteiger partial charge on any atom is 0.279 e. The number of carbonyl (C=O) groups is 2. The number of nitrogens with zero attached hydrogens (tertiary/aromatic N) is 3. The molecule has 2 saturated heterocycles. The van der Waals surface area contributed by atoms with E-state index in [4.69, 9.17) is 0 Å². The van der Waals surface area contributed by atoms with Crippen LogP contribution in [0.2, 0.25) is 0 Å². The molecule has 2 atom stereocenters. The fourth-order valence-corrected chi connectivity index (χ4v) is 4.20. The summed E-state index contributed by atoms with van der Waals surface area (Å²) in [6.07, 6.45) is 4.20. The van der Waals surface area contributed by atoms with E-state index in [0.29, 0.717) is 13.1 Å². The molecule has 3 rings (SSSR count). The summed E-state index contributed by atoms with van der Waals surface area (Å²) in [5.41, 5.74) is 0.248. The Kier molecular flexibility index (Phi) is 4.90. The molecule has 1 saturated carbocycles. The van der Waals surface area contributed by atoms with Gasteiger partial charge < -0.3 is 19.8 Å². The second kappa shape index (κ2) is 6.61. The van der Waals surface area contributed by atoms with Crippen LogP contribution in [0.4, 0.5) is 4.79 Å². The van der Waals surface area contributed by atoms with Gasteiger partial charge >= 0.3 is 0 Å². The average molecular weight is 341 g/mol. The lowest BCUT2D eigenvalue weighted by molar-refractivity contribution is -0.139. The minimum atomic E-state index is -0.416. The summed E-state index contributed by atoms with van der Waals surface area (Å²) in [6.45, 7) is 6.37. The number of aliphatic hydroxyl groups is 1. The number of hydrogen-bond donors (Lipinski definition) is 2. The molecule has 6 nitrogen and oxygen atoms in total. The SMILES string of the molecule is C[C@H]1C(=O)N(CCCN2CCC3(CC3)[C@H](O)C2)CCN1C(=O)S. The van der Waals surface area contributed by atoms with Crippen molar-refractivity contribution < 1.29 is 14.7 Å². The Balaban J connectivity index is 1.41. The van der Waals surface area contributed by atoms with Crippen molar-refractivity contribution in [3.05, 3.63) is 0 Å². The molecule has 130 valence electrons. The molecule has 7 heteroatoms. The average Bonchev–Trinajstić information content (AvgIpc) is 3.28. The fourth-order valence-electron chi connectivity index (χ4n) is 3.92. The van der Waals surface area contributed by atoms with E-state index in [0.717, 1.165) is 39.0 Å². The second-order valence-corrected chi connectivity index (χ2v) is 7.64. The lowest BCUT2D eigenvalue weighted by atomic mass is 9.90. The number of rotatable bonds is 4. The Bertz CT molecular complexity index is 483. The van der Waals surface area contributed by atoms with E-state index in [1.165, 1.54) is 17.7 Å². The minimum absolute atomic E-state index is 0.00858. The van der Waals surface area contributed by atoms with Gasteiger partial charge in [0.1, 0.15) is 6.04 Å². The summed E-state index contributed by atoms with van der Waals surface area (Å²) >= 11 is 3.82. The van der Waals surface area contributed by atoms with Gasteiger partial charge in [0, 0.05) is 26.2 Å². The van der Waals surface area contributed by atoms with Crippen LogP contribution in [-0.4, -0.2) is 82.4 Å². The van der Waals surface area contributed by atoms with Crippen LogP contribution >= 0.6 is 12.6 Å². The van der Waals surface area contributed by atoms with Crippen molar-refractivity contribution in [1.29, 1.82) is 0 Å². The molecule has 3 fully saturated rings. The fraction of sp³-hybridized carbons (Fsp3) is 0.875. The van der Waals surface area contributed by atoms with Crippen LogP contribution in [0.3, 0.4) is 0 Å². The number of piperazine rings is 1. The number of β-amino-alcohol motifs (C(OH)–C–C–N with tert-alkyl or cyclic N) is 1. The van der Waals surface area contributed by atoms with Gasteiger partial charge in [-0.05, 0) is 51.1 Å². The highest BCUT2D eigenvalue weighted by molar-refractivity contribution is 7.96. The zero-order valence-corrected chi connectivity index (χ0v) is 14.7. The molecular weight excluding hydrogens is 314 g/mol. The number of aliphatic hydroxyl groups excluding tert-OH is 1. The van der Waals surface area contributed by atoms with Crippen molar-refractivity contribution in [2.24, 2.45) is 5.41 Å². The number of carbonyl (C=O) groups excluding carboxylic acids is 2. The van der Waals surface area contributed by atoms with Gasteiger partial charge in [-0.15, -0.1) is 0 Å². The van der Waals surface area contributed by atoms with E-state index in [9.17, 15) is 14.7 Å². The van der Waals surface area contributed by atoms with Crippen LogP contribution < -0.4 is 0 Å². The van der Waals surface area contributed by atoms with Crippen molar-refractivity contribution in [1.82, 2.24) is 14.7 Å². The maximum absolute atomic E-state index is 12.3. The van der Waals surface area contributed by atoms with E-state index in [2.05, 4.69) is 17.5 Å². The van der Waals surface area contributed by atoms with Crippen LogP contribution in [0.5, 0.6) is 0 Å². The number of amides is 2. The number of likely N-dealkylation sites (tertiary alicyclic amines) is 1. The van der Waals surface area contributed by atoms with E-state index < -0.39 is 6.04 Å². The first-order chi connectivity index (χ1) is 10.9. The Morgan fingerprint density at radius 2 is 2.00 bits per heavy atom. The number of piperidine rings is 1. The summed E-state index contributed by atoms with van der Waals surface area (Å²) in [5.74, 6) is 0.00858. The topological polar surface area (TPSA) is 64.1 Å². The molecule has 0 aromatic carbocycles. The first kappa shape index (κ1) is 17.0. The Labute approximate surface area is 143 Å². The standard InChI is InChI=1S/C16H27N3O3S/c1-12-14(21)18(9-10-19(12)15(22)23)7-2-6-17-8-5-16(3-4-16)13(20)11-17/h12-13,20H,2-11H2,1H3,(H,22,23)/t12-,13+/m0/s1. The lowest BCUT2D eigenvalue weighted by Gasteiger charge is -2.39. The molecule has 2 aliphatic heterocycles. The lowest BCUT2D eigenvalue weighted by Crippen LogP contribution is -2.56. The predicted octanol–water partition coefficient (Wildman–Crippen LogP) is 0.806.